The molecule has 0 fully saturated rings. The summed E-state index contributed by atoms with van der Waals surface area (Å²) in [7, 11) is 0. The molecule has 0 saturated carbocycles. The molecular formula is C17H16N4O4. The Labute approximate surface area is 143 Å². The Morgan fingerprint density at radius 2 is 2.00 bits per heavy atom. The van der Waals surface area contributed by atoms with Gasteiger partial charge in [-0.15, -0.1) is 0 Å². The third kappa shape index (κ3) is 4.29. The minimum Gasteiger partial charge on any atom is -0.325 e. The predicted molar refractivity (Wildman–Crippen MR) is 91.2 cm³/mol. The van der Waals surface area contributed by atoms with E-state index in [9.17, 15) is 19.7 Å². The molecule has 8 heteroatoms. The SMILES string of the molecule is CC(C)c1ccc(NC(=O)Cn2cc([N+](=O)[O-])cc(C#N)c2=O)cc1. The van der Waals surface area contributed by atoms with E-state index in [-0.39, 0.29) is 5.56 Å². The molecule has 0 aliphatic carbocycles. The van der Waals surface area contributed by atoms with Gasteiger partial charge in [0.25, 0.3) is 11.2 Å². The van der Waals surface area contributed by atoms with Crippen molar-refractivity contribution in [3.8, 4) is 6.07 Å². The average Bonchev–Trinajstić information content (AvgIpc) is 2.56. The summed E-state index contributed by atoms with van der Waals surface area (Å²) in [5.41, 5.74) is 0.104. The van der Waals surface area contributed by atoms with Gasteiger partial charge in [-0.1, -0.05) is 26.0 Å². The zero-order valence-electron chi connectivity index (χ0n) is 13.7. The molecule has 8 nitrogen and oxygen atoms in total. The Hall–Kier alpha value is -3.47. The first-order valence-corrected chi connectivity index (χ1v) is 7.50. The van der Waals surface area contributed by atoms with E-state index in [1.54, 1.807) is 18.2 Å². The van der Waals surface area contributed by atoms with Gasteiger partial charge in [-0.25, -0.2) is 0 Å². The van der Waals surface area contributed by atoms with Crippen molar-refractivity contribution in [1.82, 2.24) is 4.57 Å². The van der Waals surface area contributed by atoms with E-state index in [2.05, 4.69) is 19.2 Å². The maximum atomic E-state index is 12.1. The van der Waals surface area contributed by atoms with Crippen LogP contribution in [0.25, 0.3) is 0 Å². The molecule has 0 saturated heterocycles. The number of nitrogens with one attached hydrogen (secondary N) is 1. The monoisotopic (exact) mass is 340 g/mol. The van der Waals surface area contributed by atoms with E-state index in [0.29, 0.717) is 11.6 Å². The van der Waals surface area contributed by atoms with Crippen LogP contribution in [-0.2, 0) is 11.3 Å². The molecule has 1 heterocycles. The lowest BCUT2D eigenvalue weighted by molar-refractivity contribution is -0.385. The van der Waals surface area contributed by atoms with Crippen molar-refractivity contribution in [1.29, 1.82) is 5.26 Å². The molecule has 0 spiro atoms. The molecule has 128 valence electrons. The van der Waals surface area contributed by atoms with E-state index in [4.69, 9.17) is 5.26 Å². The van der Waals surface area contributed by atoms with Gasteiger partial charge in [0, 0.05) is 11.8 Å². The molecule has 0 aliphatic heterocycles. The molecule has 0 atom stereocenters. The highest BCUT2D eigenvalue weighted by Gasteiger charge is 2.15. The minimum absolute atomic E-state index is 0.359. The van der Waals surface area contributed by atoms with Gasteiger partial charge in [-0.3, -0.25) is 24.3 Å². The molecule has 1 aromatic carbocycles. The smallest absolute Gasteiger partial charge is 0.287 e. The van der Waals surface area contributed by atoms with Crippen molar-refractivity contribution in [2.45, 2.75) is 26.3 Å². The first-order valence-electron chi connectivity index (χ1n) is 7.50. The van der Waals surface area contributed by atoms with Gasteiger partial charge < -0.3 is 5.32 Å². The van der Waals surface area contributed by atoms with Crippen LogP contribution in [0.2, 0.25) is 0 Å². The summed E-state index contributed by atoms with van der Waals surface area (Å²) >= 11 is 0. The topological polar surface area (TPSA) is 118 Å². The number of amides is 1. The number of carbonyl (C=O) groups is 1. The quantitative estimate of drug-likeness (QED) is 0.662. The Morgan fingerprint density at radius 3 is 2.52 bits per heavy atom. The van der Waals surface area contributed by atoms with Gasteiger partial charge in [0.05, 0.1) is 11.1 Å². The summed E-state index contributed by atoms with van der Waals surface area (Å²) in [6.45, 7) is 3.67. The molecule has 1 amide bonds. The van der Waals surface area contributed by atoms with E-state index in [0.717, 1.165) is 22.4 Å². The highest BCUT2D eigenvalue weighted by molar-refractivity contribution is 5.90. The van der Waals surface area contributed by atoms with Crippen LogP contribution in [0, 0.1) is 21.4 Å². The van der Waals surface area contributed by atoms with Crippen LogP contribution in [0.15, 0.2) is 41.3 Å². The van der Waals surface area contributed by atoms with E-state index < -0.39 is 28.6 Å². The molecule has 2 rings (SSSR count). The number of benzene rings is 1. The third-order valence-electron chi connectivity index (χ3n) is 3.58. The van der Waals surface area contributed by atoms with Crippen LogP contribution >= 0.6 is 0 Å². The summed E-state index contributed by atoms with van der Waals surface area (Å²) in [5, 5.41) is 22.4. The Bertz CT molecular complexity index is 908. The van der Waals surface area contributed by atoms with Crippen molar-refractivity contribution < 1.29 is 9.72 Å². The van der Waals surface area contributed by atoms with Gasteiger partial charge in [-0.05, 0) is 23.6 Å². The fraction of sp³-hybridized carbons (Fsp3) is 0.235. The normalized spacial score (nSPS) is 10.3. The maximum Gasteiger partial charge on any atom is 0.287 e. The fourth-order valence-electron chi connectivity index (χ4n) is 2.22. The van der Waals surface area contributed by atoms with Crippen LogP contribution < -0.4 is 10.9 Å². The molecule has 1 aromatic heterocycles. The van der Waals surface area contributed by atoms with Gasteiger partial charge >= 0.3 is 0 Å². The lowest BCUT2D eigenvalue weighted by Crippen LogP contribution is -2.29. The van der Waals surface area contributed by atoms with Crippen molar-refractivity contribution in [2.24, 2.45) is 0 Å². The molecule has 0 radical (unpaired) electrons. The van der Waals surface area contributed by atoms with E-state index in [1.807, 2.05) is 12.1 Å². The zero-order valence-corrected chi connectivity index (χ0v) is 13.7. The Morgan fingerprint density at radius 1 is 1.36 bits per heavy atom. The molecule has 2 aromatic rings. The highest BCUT2D eigenvalue weighted by Crippen LogP contribution is 2.17. The summed E-state index contributed by atoms with van der Waals surface area (Å²) in [4.78, 5) is 34.3. The first kappa shape index (κ1) is 17.9. The number of rotatable bonds is 5. The highest BCUT2D eigenvalue weighted by atomic mass is 16.6. The van der Waals surface area contributed by atoms with Gasteiger partial charge in [0.15, 0.2) is 0 Å². The third-order valence-corrected chi connectivity index (χ3v) is 3.58. The van der Waals surface area contributed by atoms with Crippen molar-refractivity contribution in [3.63, 3.8) is 0 Å². The molecule has 0 bridgehead atoms. The molecular weight excluding hydrogens is 324 g/mol. The minimum atomic E-state index is -0.751. The van der Waals surface area contributed by atoms with Crippen molar-refractivity contribution in [2.75, 3.05) is 5.32 Å². The van der Waals surface area contributed by atoms with E-state index >= 15 is 0 Å². The number of hydrogen-bond acceptors (Lipinski definition) is 5. The number of aromatic nitrogens is 1. The number of pyridine rings is 1. The summed E-state index contributed by atoms with van der Waals surface area (Å²) in [6.07, 6.45) is 0.949. The van der Waals surface area contributed by atoms with Gasteiger partial charge in [-0.2, -0.15) is 5.26 Å². The average molecular weight is 340 g/mol. The number of anilines is 1. The van der Waals surface area contributed by atoms with Crippen molar-refractivity contribution in [3.05, 3.63) is 68.1 Å². The lowest BCUT2D eigenvalue weighted by atomic mass is 10.0. The summed E-state index contributed by atoms with van der Waals surface area (Å²) in [5.74, 6) is -0.165. The maximum absolute atomic E-state index is 12.1. The van der Waals surface area contributed by atoms with Gasteiger partial charge in [0.1, 0.15) is 18.2 Å². The molecule has 1 N–H and O–H groups in total. The van der Waals surface area contributed by atoms with Crippen LogP contribution in [-0.4, -0.2) is 15.4 Å². The fourth-order valence-corrected chi connectivity index (χ4v) is 2.22. The Kier molecular flexibility index (Phi) is 5.29. The predicted octanol–water partition coefficient (Wildman–Crippen LogP) is 2.39. The van der Waals surface area contributed by atoms with Crippen molar-refractivity contribution >= 4 is 17.3 Å². The zero-order chi connectivity index (χ0) is 18.6. The molecule has 25 heavy (non-hydrogen) atoms. The van der Waals surface area contributed by atoms with Crippen LogP contribution in [0.3, 0.4) is 0 Å². The van der Waals surface area contributed by atoms with Crippen LogP contribution in [0.5, 0.6) is 0 Å². The second-order valence-electron chi connectivity index (χ2n) is 5.74. The number of nitro groups is 1. The van der Waals surface area contributed by atoms with E-state index in [1.165, 1.54) is 0 Å². The number of nitriles is 1. The number of nitrogens with zero attached hydrogens (tertiary/aromatic N) is 3. The lowest BCUT2D eigenvalue weighted by Gasteiger charge is -2.09. The second kappa shape index (κ2) is 7.40. The van der Waals surface area contributed by atoms with Crippen LogP contribution in [0.4, 0.5) is 11.4 Å². The largest absolute Gasteiger partial charge is 0.325 e. The molecule has 0 aliphatic rings. The Balaban J connectivity index is 2.20. The summed E-state index contributed by atoms with van der Waals surface area (Å²) < 4.78 is 0.856. The standard InChI is InChI=1S/C17H16N4O4/c1-11(2)12-3-5-14(6-4-12)19-16(22)10-20-9-15(21(24)25)7-13(8-18)17(20)23/h3-7,9,11H,10H2,1-2H3,(H,19,22). The number of carbonyl (C=O) groups excluding carboxylic acids is 1. The second-order valence-corrected chi connectivity index (χ2v) is 5.74. The van der Waals surface area contributed by atoms with Gasteiger partial charge in [0.2, 0.25) is 5.91 Å². The van der Waals surface area contributed by atoms with Crippen LogP contribution in [0.1, 0.15) is 30.9 Å². The number of hydrogen-bond donors (Lipinski definition) is 1. The summed E-state index contributed by atoms with van der Waals surface area (Å²) in [6, 6.07) is 9.74. The first-order chi connectivity index (χ1) is 11.8. The molecule has 0 unspecified atom stereocenters.